The number of carbonyl (C=O) groups is 3. The summed E-state index contributed by atoms with van der Waals surface area (Å²) in [4.78, 5) is 37.7. The van der Waals surface area contributed by atoms with Gasteiger partial charge in [0, 0.05) is 6.54 Å². The molecule has 0 N–H and O–H groups in total. The van der Waals surface area contributed by atoms with E-state index in [1.54, 1.807) is 12.1 Å². The van der Waals surface area contributed by atoms with Crippen LogP contribution in [0.2, 0.25) is 0 Å². The van der Waals surface area contributed by atoms with Crippen molar-refractivity contribution in [2.75, 3.05) is 19.8 Å². The largest absolute Gasteiger partial charge is 0.490 e. The molecule has 0 spiro atoms. The van der Waals surface area contributed by atoms with Gasteiger partial charge < -0.3 is 9.47 Å². The van der Waals surface area contributed by atoms with Crippen LogP contribution >= 0.6 is 0 Å². The number of carbonyl (C=O) groups excluding carboxylic acids is 3. The molecule has 0 aromatic heterocycles. The first kappa shape index (κ1) is 17.4. The highest BCUT2D eigenvalue weighted by atomic mass is 16.6. The topological polar surface area (TPSA) is 72.9 Å². The Morgan fingerprint density at radius 2 is 1.73 bits per heavy atom. The van der Waals surface area contributed by atoms with E-state index in [9.17, 15) is 14.4 Å². The molecule has 0 radical (unpaired) electrons. The predicted octanol–water partition coefficient (Wildman–Crippen LogP) is 2.70. The number of para-hydroxylation sites is 1. The zero-order valence-electron chi connectivity index (χ0n) is 14.0. The fourth-order valence-electron chi connectivity index (χ4n) is 2.61. The standard InChI is InChI=1S/C20H17NO5/c1-2-10-21-18(22)16-9-8-14(13-17(16)19(21)23)20(24)26-12-11-25-15-6-4-3-5-7-15/h2-9,13H,1,10-12H2. The number of nitrogens with zero attached hydrogens (tertiary/aromatic N) is 1. The highest BCUT2D eigenvalue weighted by Gasteiger charge is 2.35. The molecule has 0 atom stereocenters. The first-order valence-corrected chi connectivity index (χ1v) is 8.08. The summed E-state index contributed by atoms with van der Waals surface area (Å²) in [5, 5.41) is 0. The van der Waals surface area contributed by atoms with E-state index in [1.165, 1.54) is 24.3 Å². The van der Waals surface area contributed by atoms with Gasteiger partial charge in [0.2, 0.25) is 0 Å². The van der Waals surface area contributed by atoms with Crippen molar-refractivity contribution in [3.63, 3.8) is 0 Å². The lowest BCUT2D eigenvalue weighted by molar-refractivity contribution is 0.0450. The molecule has 0 saturated carbocycles. The molecule has 0 bridgehead atoms. The van der Waals surface area contributed by atoms with Crippen molar-refractivity contribution in [1.82, 2.24) is 4.90 Å². The van der Waals surface area contributed by atoms with Crippen molar-refractivity contribution in [2.24, 2.45) is 0 Å². The minimum absolute atomic E-state index is 0.0697. The van der Waals surface area contributed by atoms with E-state index in [1.807, 2.05) is 18.2 Å². The van der Waals surface area contributed by atoms with Gasteiger partial charge >= 0.3 is 5.97 Å². The monoisotopic (exact) mass is 351 g/mol. The van der Waals surface area contributed by atoms with Crippen LogP contribution in [0, 0.1) is 0 Å². The molecule has 2 amide bonds. The predicted molar refractivity (Wildman–Crippen MR) is 94.2 cm³/mol. The first-order valence-electron chi connectivity index (χ1n) is 8.08. The maximum absolute atomic E-state index is 12.3. The van der Waals surface area contributed by atoms with Gasteiger partial charge in [-0.2, -0.15) is 0 Å². The van der Waals surface area contributed by atoms with E-state index in [-0.39, 0.29) is 42.4 Å². The Balaban J connectivity index is 1.60. The third kappa shape index (κ3) is 3.49. The van der Waals surface area contributed by atoms with Crippen LogP contribution in [-0.2, 0) is 4.74 Å². The fourth-order valence-corrected chi connectivity index (χ4v) is 2.61. The highest BCUT2D eigenvalue weighted by molar-refractivity contribution is 6.22. The number of benzene rings is 2. The van der Waals surface area contributed by atoms with Crippen LogP contribution in [0.5, 0.6) is 5.75 Å². The molecule has 1 heterocycles. The van der Waals surface area contributed by atoms with Crippen molar-refractivity contribution in [3.05, 3.63) is 77.9 Å². The molecule has 2 aromatic carbocycles. The number of imide groups is 1. The Hall–Kier alpha value is -3.41. The summed E-state index contributed by atoms with van der Waals surface area (Å²) < 4.78 is 10.6. The Morgan fingerprint density at radius 3 is 2.46 bits per heavy atom. The molecule has 0 saturated heterocycles. The second-order valence-corrected chi connectivity index (χ2v) is 5.57. The second kappa shape index (κ2) is 7.65. The Morgan fingerprint density at radius 1 is 1.00 bits per heavy atom. The van der Waals surface area contributed by atoms with E-state index in [0.717, 1.165) is 4.90 Å². The zero-order chi connectivity index (χ0) is 18.5. The van der Waals surface area contributed by atoms with E-state index in [4.69, 9.17) is 9.47 Å². The molecular weight excluding hydrogens is 334 g/mol. The minimum Gasteiger partial charge on any atom is -0.490 e. The molecular formula is C20H17NO5. The van der Waals surface area contributed by atoms with Crippen molar-refractivity contribution in [3.8, 4) is 5.75 Å². The summed E-state index contributed by atoms with van der Waals surface area (Å²) in [6, 6.07) is 13.5. The van der Waals surface area contributed by atoms with E-state index in [2.05, 4.69) is 6.58 Å². The minimum atomic E-state index is -0.577. The first-order chi connectivity index (χ1) is 12.6. The molecule has 26 heavy (non-hydrogen) atoms. The lowest BCUT2D eigenvalue weighted by Crippen LogP contribution is -2.29. The Labute approximate surface area is 150 Å². The average Bonchev–Trinajstić information content (AvgIpc) is 2.91. The van der Waals surface area contributed by atoms with Crippen LogP contribution in [-0.4, -0.2) is 42.4 Å². The smallest absolute Gasteiger partial charge is 0.338 e. The number of ether oxygens (including phenoxy) is 2. The maximum Gasteiger partial charge on any atom is 0.338 e. The SMILES string of the molecule is C=CCN1C(=O)c2ccc(C(=O)OCCOc3ccccc3)cc2C1=O. The molecule has 132 valence electrons. The van der Waals surface area contributed by atoms with Crippen LogP contribution in [0.3, 0.4) is 0 Å². The van der Waals surface area contributed by atoms with Gasteiger partial charge in [-0.3, -0.25) is 14.5 Å². The molecule has 1 aliphatic rings. The fraction of sp³-hybridized carbons (Fsp3) is 0.150. The summed E-state index contributed by atoms with van der Waals surface area (Å²) in [6.45, 7) is 3.94. The van der Waals surface area contributed by atoms with Gasteiger partial charge in [-0.25, -0.2) is 4.79 Å². The Bertz CT molecular complexity index is 860. The summed E-state index contributed by atoms with van der Waals surface area (Å²) in [5.74, 6) is -0.715. The van der Waals surface area contributed by atoms with Crippen molar-refractivity contribution in [2.45, 2.75) is 0 Å². The summed E-state index contributed by atoms with van der Waals surface area (Å²) in [5.41, 5.74) is 0.692. The maximum atomic E-state index is 12.3. The average molecular weight is 351 g/mol. The van der Waals surface area contributed by atoms with E-state index < -0.39 is 11.9 Å². The van der Waals surface area contributed by atoms with Gasteiger partial charge in [-0.05, 0) is 30.3 Å². The van der Waals surface area contributed by atoms with Gasteiger partial charge in [0.1, 0.15) is 19.0 Å². The van der Waals surface area contributed by atoms with Crippen LogP contribution in [0.15, 0.2) is 61.2 Å². The van der Waals surface area contributed by atoms with Gasteiger partial charge in [0.05, 0.1) is 16.7 Å². The molecule has 2 aromatic rings. The van der Waals surface area contributed by atoms with Crippen LogP contribution in [0.1, 0.15) is 31.1 Å². The third-order valence-electron chi connectivity index (χ3n) is 3.85. The summed E-state index contributed by atoms with van der Waals surface area (Å²) >= 11 is 0. The highest BCUT2D eigenvalue weighted by Crippen LogP contribution is 2.24. The zero-order valence-corrected chi connectivity index (χ0v) is 14.0. The summed E-state index contributed by atoms with van der Waals surface area (Å²) in [6.07, 6.45) is 1.48. The second-order valence-electron chi connectivity index (χ2n) is 5.57. The molecule has 1 aliphatic heterocycles. The number of fused-ring (bicyclic) bond motifs is 1. The van der Waals surface area contributed by atoms with Gasteiger partial charge in [0.25, 0.3) is 11.8 Å². The summed E-state index contributed by atoms with van der Waals surface area (Å²) in [7, 11) is 0. The molecule has 3 rings (SSSR count). The van der Waals surface area contributed by atoms with Crippen LogP contribution in [0.4, 0.5) is 0 Å². The van der Waals surface area contributed by atoms with Gasteiger partial charge in [-0.1, -0.05) is 24.3 Å². The number of rotatable bonds is 7. The normalized spacial score (nSPS) is 12.7. The van der Waals surface area contributed by atoms with Gasteiger partial charge in [-0.15, -0.1) is 6.58 Å². The number of hydrogen-bond acceptors (Lipinski definition) is 5. The van der Waals surface area contributed by atoms with E-state index >= 15 is 0 Å². The van der Waals surface area contributed by atoms with Crippen LogP contribution in [0.25, 0.3) is 0 Å². The molecule has 0 fully saturated rings. The number of amides is 2. The number of esters is 1. The van der Waals surface area contributed by atoms with Crippen molar-refractivity contribution >= 4 is 17.8 Å². The lowest BCUT2D eigenvalue weighted by Gasteiger charge is -2.09. The quantitative estimate of drug-likeness (QED) is 0.332. The molecule has 0 aliphatic carbocycles. The van der Waals surface area contributed by atoms with Gasteiger partial charge in [0.15, 0.2) is 0 Å². The molecule has 6 heteroatoms. The van der Waals surface area contributed by atoms with Crippen LogP contribution < -0.4 is 4.74 Å². The molecule has 0 unspecified atom stereocenters. The van der Waals surface area contributed by atoms with Crippen molar-refractivity contribution in [1.29, 1.82) is 0 Å². The number of hydrogen-bond donors (Lipinski definition) is 0. The van der Waals surface area contributed by atoms with Crippen molar-refractivity contribution < 1.29 is 23.9 Å². The lowest BCUT2D eigenvalue weighted by atomic mass is 10.1. The third-order valence-corrected chi connectivity index (χ3v) is 3.85. The van der Waals surface area contributed by atoms with E-state index in [0.29, 0.717) is 5.75 Å². The molecule has 6 nitrogen and oxygen atoms in total. The Kier molecular flexibility index (Phi) is 5.12.